The first-order valence-electron chi connectivity index (χ1n) is 32.1. The molecule has 92 heavy (non-hydrogen) atoms. The highest BCUT2D eigenvalue weighted by Gasteiger charge is 2.55. The SMILES string of the molecule is Cc1cc2c(cc1C)[C@]1(c3cc(C(=C(c4ccccc4)c4ccccc4)c4ccccc4)ccc3-c3ccc(-c4ccc5c(c4)[C@]4(c6cc(C(=C(c7ccccc7)c7ccccc7)c7ccccc7)ccc6-5)c5cc(C)c(C)cc5-c5ccsc54)cc31)c1sccc1-2. The average molecular weight is 1210 g/mol. The summed E-state index contributed by atoms with van der Waals surface area (Å²) in [4.78, 5) is 2.79. The predicted octanol–water partition coefficient (Wildman–Crippen LogP) is 23.4. The maximum Gasteiger partial charge on any atom is 0.0819 e. The number of benzene rings is 12. The van der Waals surface area contributed by atoms with Crippen LogP contribution in [0.25, 0.3) is 77.9 Å². The van der Waals surface area contributed by atoms with Gasteiger partial charge in [-0.2, -0.15) is 0 Å². The molecule has 0 radical (unpaired) electrons. The van der Waals surface area contributed by atoms with Gasteiger partial charge in [0.15, 0.2) is 0 Å². The summed E-state index contributed by atoms with van der Waals surface area (Å²) in [5, 5.41) is 4.67. The van der Waals surface area contributed by atoms with Crippen LogP contribution >= 0.6 is 22.7 Å². The molecule has 4 aliphatic carbocycles. The molecule has 14 aromatic rings. The molecule has 2 heterocycles. The van der Waals surface area contributed by atoms with E-state index in [0.29, 0.717) is 0 Å². The van der Waals surface area contributed by atoms with Gasteiger partial charge >= 0.3 is 0 Å². The number of fused-ring (bicyclic) bond motifs is 20. The van der Waals surface area contributed by atoms with Gasteiger partial charge in [0.05, 0.1) is 10.8 Å². The summed E-state index contributed by atoms with van der Waals surface area (Å²) in [7, 11) is 0. The number of hydrogen-bond donors (Lipinski definition) is 0. The standard InChI is InChI=1S/C90H62S2/c1-55-47-75-73-43-45-91-87(73)89(77(75)49-57(55)3)79-51-65(35-39-69(79)71-41-37-67(53-81(71)89)85(63-31-19-9-20-32-63)83(59-23-11-5-12-24-59)60-25-13-6-14-26-60)66-36-40-70-72-42-38-68(86(64-33-21-10-22-34-64)84(61-27-15-7-16-28-61)62-29-17-8-18-30-62)54-82(72)90(80(70)52-66)78-50-58(4)56(2)48-76(78)74-44-46-92-88(74)90/h5-54H,1-4H3/t89-,90-/m0/s1. The molecule has 0 bridgehead atoms. The van der Waals surface area contributed by atoms with Crippen molar-refractivity contribution >= 4 is 45.0 Å². The first kappa shape index (κ1) is 54.5. The third-order valence-corrected chi connectivity index (χ3v) is 22.8. The Morgan fingerprint density at radius 1 is 0.217 bits per heavy atom. The molecule has 2 aromatic heterocycles. The maximum atomic E-state index is 2.60. The number of hydrogen-bond acceptors (Lipinski definition) is 2. The average Bonchev–Trinajstić information content (AvgIpc) is 1.51. The Labute approximate surface area is 547 Å². The van der Waals surface area contributed by atoms with Crippen LogP contribution in [0.5, 0.6) is 0 Å². The molecule has 0 saturated carbocycles. The Morgan fingerprint density at radius 2 is 0.478 bits per heavy atom. The summed E-state index contributed by atoms with van der Waals surface area (Å²) in [5.41, 5.74) is 39.6. The van der Waals surface area contributed by atoms with Crippen LogP contribution in [0.3, 0.4) is 0 Å². The molecular weight excluding hydrogens is 1150 g/mol. The van der Waals surface area contributed by atoms with Gasteiger partial charge in [0.1, 0.15) is 0 Å². The monoisotopic (exact) mass is 1210 g/mol. The smallest absolute Gasteiger partial charge is 0.0819 e. The van der Waals surface area contributed by atoms with E-state index >= 15 is 0 Å². The van der Waals surface area contributed by atoms with Crippen LogP contribution in [-0.4, -0.2) is 0 Å². The van der Waals surface area contributed by atoms with Crippen LogP contribution in [0.15, 0.2) is 302 Å². The fourth-order valence-electron chi connectivity index (χ4n) is 16.4. The van der Waals surface area contributed by atoms with Crippen molar-refractivity contribution in [3.05, 3.63) is 412 Å². The molecule has 0 nitrogen and oxygen atoms in total. The zero-order chi connectivity index (χ0) is 61.4. The van der Waals surface area contributed by atoms with Gasteiger partial charge in [-0.3, -0.25) is 0 Å². The second-order valence-electron chi connectivity index (χ2n) is 25.5. The molecule has 0 fully saturated rings. The first-order valence-corrected chi connectivity index (χ1v) is 33.9. The molecule has 12 aromatic carbocycles. The summed E-state index contributed by atoms with van der Waals surface area (Å²) in [6, 6.07) is 111. The molecule has 18 rings (SSSR count). The van der Waals surface area contributed by atoms with E-state index in [-0.39, 0.29) is 0 Å². The predicted molar refractivity (Wildman–Crippen MR) is 388 cm³/mol. The number of thiophene rings is 2. The van der Waals surface area contributed by atoms with Crippen molar-refractivity contribution in [2.75, 3.05) is 0 Å². The van der Waals surface area contributed by atoms with Gasteiger partial charge in [-0.1, -0.05) is 255 Å². The van der Waals surface area contributed by atoms with Crippen molar-refractivity contribution in [2.24, 2.45) is 0 Å². The van der Waals surface area contributed by atoms with Crippen molar-refractivity contribution in [2.45, 2.75) is 38.5 Å². The molecule has 2 spiro atoms. The van der Waals surface area contributed by atoms with E-state index in [0.717, 1.165) is 0 Å². The second-order valence-corrected chi connectivity index (χ2v) is 27.4. The Balaban J connectivity index is 0.873. The van der Waals surface area contributed by atoms with Gasteiger partial charge in [-0.05, 0) is 253 Å². The van der Waals surface area contributed by atoms with Gasteiger partial charge < -0.3 is 0 Å². The first-order chi connectivity index (χ1) is 45.3. The number of rotatable bonds is 9. The van der Waals surface area contributed by atoms with Gasteiger partial charge in [0.2, 0.25) is 0 Å². The fourth-order valence-corrected chi connectivity index (χ4v) is 18.7. The van der Waals surface area contributed by atoms with Crippen LogP contribution in [0.4, 0.5) is 0 Å². The Kier molecular flexibility index (Phi) is 12.5. The molecule has 0 saturated heterocycles. The van der Waals surface area contributed by atoms with E-state index in [4.69, 9.17) is 0 Å². The van der Waals surface area contributed by atoms with Gasteiger partial charge in [0, 0.05) is 9.75 Å². The third kappa shape index (κ3) is 7.87. The largest absolute Gasteiger partial charge is 0.147 e. The highest BCUT2D eigenvalue weighted by Crippen LogP contribution is 2.68. The van der Waals surface area contributed by atoms with Crippen molar-refractivity contribution in [1.29, 1.82) is 0 Å². The molecule has 0 aliphatic heterocycles. The lowest BCUT2D eigenvalue weighted by atomic mass is 9.71. The topological polar surface area (TPSA) is 0 Å². The van der Waals surface area contributed by atoms with Crippen LogP contribution in [-0.2, 0) is 10.8 Å². The summed E-state index contributed by atoms with van der Waals surface area (Å²) in [5.74, 6) is 0. The summed E-state index contributed by atoms with van der Waals surface area (Å²) < 4.78 is 0. The molecule has 0 N–H and O–H groups in total. The number of aryl methyl sites for hydroxylation is 4. The zero-order valence-corrected chi connectivity index (χ0v) is 53.3. The second kappa shape index (κ2) is 21.1. The van der Waals surface area contributed by atoms with Crippen LogP contribution in [0.1, 0.15) is 110 Å². The normalized spacial score (nSPS) is 15.5. The van der Waals surface area contributed by atoms with Crippen LogP contribution < -0.4 is 0 Å². The summed E-state index contributed by atoms with van der Waals surface area (Å²) in [6.07, 6.45) is 0. The van der Waals surface area contributed by atoms with Gasteiger partial charge in [-0.25, -0.2) is 0 Å². The molecule has 4 aliphatic rings. The summed E-state index contributed by atoms with van der Waals surface area (Å²) in [6.45, 7) is 9.16. The molecule has 2 heteroatoms. The van der Waals surface area contributed by atoms with Crippen molar-refractivity contribution in [1.82, 2.24) is 0 Å². The van der Waals surface area contributed by atoms with E-state index in [1.807, 2.05) is 22.7 Å². The Morgan fingerprint density at radius 3 is 0.793 bits per heavy atom. The molecule has 2 atom stereocenters. The minimum Gasteiger partial charge on any atom is -0.147 e. The van der Waals surface area contributed by atoms with E-state index in [1.165, 1.54) is 188 Å². The summed E-state index contributed by atoms with van der Waals surface area (Å²) >= 11 is 3.83. The van der Waals surface area contributed by atoms with E-state index < -0.39 is 10.8 Å². The zero-order valence-electron chi connectivity index (χ0n) is 51.7. The lowest BCUT2D eigenvalue weighted by Crippen LogP contribution is -2.26. The third-order valence-electron chi connectivity index (χ3n) is 20.7. The van der Waals surface area contributed by atoms with E-state index in [2.05, 4.69) is 330 Å². The van der Waals surface area contributed by atoms with Gasteiger partial charge in [0.25, 0.3) is 0 Å². The quantitative estimate of drug-likeness (QED) is 0.126. The van der Waals surface area contributed by atoms with Crippen LogP contribution in [0.2, 0.25) is 0 Å². The minimum atomic E-state index is -0.575. The molecular formula is C90H62S2. The lowest BCUT2D eigenvalue weighted by Gasteiger charge is -2.31. The maximum absolute atomic E-state index is 2.60. The Hall–Kier alpha value is -10.5. The van der Waals surface area contributed by atoms with Crippen molar-refractivity contribution in [3.63, 3.8) is 0 Å². The van der Waals surface area contributed by atoms with Gasteiger partial charge in [-0.15, -0.1) is 22.7 Å². The van der Waals surface area contributed by atoms with E-state index in [9.17, 15) is 0 Å². The van der Waals surface area contributed by atoms with E-state index in [1.54, 1.807) is 0 Å². The molecule has 0 unspecified atom stereocenters. The van der Waals surface area contributed by atoms with Crippen LogP contribution in [0, 0.1) is 27.7 Å². The minimum absolute atomic E-state index is 0.575. The Bertz CT molecular complexity index is 4970. The van der Waals surface area contributed by atoms with Crippen molar-refractivity contribution in [3.8, 4) is 55.6 Å². The lowest BCUT2D eigenvalue weighted by molar-refractivity contribution is 0.808. The highest BCUT2D eigenvalue weighted by atomic mass is 32.1. The fraction of sp³-hybridized carbons (Fsp3) is 0.0667. The van der Waals surface area contributed by atoms with Crippen molar-refractivity contribution < 1.29 is 0 Å². The molecule has 434 valence electrons. The molecule has 0 amide bonds. The highest BCUT2D eigenvalue weighted by molar-refractivity contribution is 7.11.